The van der Waals surface area contributed by atoms with Crippen LogP contribution in [0.4, 0.5) is 68.2 Å². The van der Waals surface area contributed by atoms with E-state index in [9.17, 15) is 0 Å². The predicted octanol–water partition coefficient (Wildman–Crippen LogP) is 22.0. The Morgan fingerprint density at radius 2 is 0.424 bits per heavy atom. The molecule has 12 aromatic rings. The van der Waals surface area contributed by atoms with Crippen LogP contribution in [0.5, 0.6) is 0 Å². The molecular formula is C81H66N4. The molecule has 0 fully saturated rings. The molecule has 0 unspecified atom stereocenters. The fraction of sp³-hybridized carbons (Fsp3) is 0.111. The number of aryl methyl sites for hydroxylation is 8. The van der Waals surface area contributed by atoms with Crippen LogP contribution in [0.15, 0.2) is 255 Å². The van der Waals surface area contributed by atoms with Gasteiger partial charge in [0.15, 0.2) is 0 Å². The van der Waals surface area contributed by atoms with E-state index in [0.29, 0.717) is 0 Å². The van der Waals surface area contributed by atoms with E-state index in [1.54, 1.807) is 0 Å². The number of benzene rings is 11. The number of rotatable bonds is 12. The highest BCUT2D eigenvalue weighted by atomic mass is 15.2. The molecule has 0 atom stereocenters. The Morgan fingerprint density at radius 3 is 0.647 bits per heavy atom. The first-order valence-corrected chi connectivity index (χ1v) is 29.5. The minimum atomic E-state index is -0.861. The lowest BCUT2D eigenvalue weighted by Gasteiger charge is -2.35. The molecular weight excluding hydrogens is 1030 g/mol. The Labute approximate surface area is 501 Å². The van der Waals surface area contributed by atoms with Crippen molar-refractivity contribution in [2.24, 2.45) is 0 Å². The van der Waals surface area contributed by atoms with E-state index in [2.05, 4.69) is 342 Å². The van der Waals surface area contributed by atoms with Crippen molar-refractivity contribution in [3.05, 3.63) is 334 Å². The van der Waals surface area contributed by atoms with Gasteiger partial charge in [-0.25, -0.2) is 0 Å². The van der Waals surface area contributed by atoms with Crippen molar-refractivity contribution in [2.45, 2.75) is 60.8 Å². The van der Waals surface area contributed by atoms with Crippen molar-refractivity contribution in [3.8, 4) is 22.3 Å². The van der Waals surface area contributed by atoms with Crippen LogP contribution in [0, 0.1) is 67.5 Å². The molecule has 0 saturated heterocycles. The van der Waals surface area contributed by atoms with E-state index in [4.69, 9.17) is 0 Å². The standard InChI is InChI=1S/C81H66N4/c1-53-9-25-61(26-10-53)82(62-27-11-54(2)12-28-62)69-41-45-73-74-46-42-70(83(63-29-13-55(3)14-30-63)64-31-15-56(4)16-32-64)50-78(74)81(77(73)49-69)79-51-71(84(65-33-17-57(5)18-34-65)66-35-19-58(6)20-36-66)43-47-75(79)76-48-44-72(52-80(76)81)85(67-37-21-59(7)22-38-67)68-39-23-60(8)24-40-68/h9-23,25-39,41-52H,1-8H3. The molecule has 410 valence electrons. The zero-order valence-electron chi connectivity index (χ0n) is 49.5. The molecule has 0 saturated carbocycles. The second-order valence-electron chi connectivity index (χ2n) is 23.5. The van der Waals surface area contributed by atoms with E-state index in [1.807, 2.05) is 0 Å². The van der Waals surface area contributed by atoms with Crippen molar-refractivity contribution in [2.75, 3.05) is 19.6 Å². The van der Waals surface area contributed by atoms with Crippen LogP contribution >= 0.6 is 0 Å². The molecule has 2 aliphatic carbocycles. The molecule has 0 bridgehead atoms. The molecule has 0 radical (unpaired) electrons. The summed E-state index contributed by atoms with van der Waals surface area (Å²) in [5, 5.41) is 0. The fourth-order valence-electron chi connectivity index (χ4n) is 12.9. The van der Waals surface area contributed by atoms with Crippen LogP contribution in [0.1, 0.15) is 66.8 Å². The molecule has 14 rings (SSSR count). The van der Waals surface area contributed by atoms with Gasteiger partial charge in [0.05, 0.1) is 11.1 Å². The Kier molecular flexibility index (Phi) is 13.1. The summed E-state index contributed by atoms with van der Waals surface area (Å²) in [6, 6.07) is 103. The number of hydrogen-bond acceptors (Lipinski definition) is 4. The Balaban J connectivity index is 1.10. The molecule has 4 heteroatoms. The largest absolute Gasteiger partial charge is 0.310 e. The number of hydrogen-bond donors (Lipinski definition) is 0. The van der Waals surface area contributed by atoms with Crippen LogP contribution in [-0.2, 0) is 5.41 Å². The lowest BCUT2D eigenvalue weighted by Crippen LogP contribution is -2.27. The summed E-state index contributed by atoms with van der Waals surface area (Å²) >= 11 is 0. The summed E-state index contributed by atoms with van der Waals surface area (Å²) in [5.41, 5.74) is 31.2. The third-order valence-corrected chi connectivity index (χ3v) is 17.4. The smallest absolute Gasteiger partial charge is 0.0973 e. The molecule has 85 heavy (non-hydrogen) atoms. The van der Waals surface area contributed by atoms with Crippen LogP contribution in [0.25, 0.3) is 22.3 Å². The SMILES string of the molecule is Cc1c#cc(N(c2ccc(C)cc2)c2ccc3c(c2)C2(c4cc(N(c5ccc(C)cc5)c5ccc(C)cc5)ccc4-3)c3cc(N(c4ccc(C)cc4)c4ccc(C)cc4)ccc3-c3ccc(N(c4ccc(C)cc4)c4ccc(C)cc4)cc32)cc1. The Bertz CT molecular complexity index is 3680. The van der Waals surface area contributed by atoms with Crippen LogP contribution in [0.2, 0.25) is 0 Å². The molecule has 0 N–H and O–H groups in total. The lowest BCUT2D eigenvalue weighted by atomic mass is 9.70. The summed E-state index contributed by atoms with van der Waals surface area (Å²) in [7, 11) is 0. The third-order valence-electron chi connectivity index (χ3n) is 17.4. The second-order valence-corrected chi connectivity index (χ2v) is 23.5. The van der Waals surface area contributed by atoms with Gasteiger partial charge in [0, 0.05) is 62.6 Å². The monoisotopic (exact) mass is 1090 g/mol. The van der Waals surface area contributed by atoms with Gasteiger partial charge in [0.1, 0.15) is 0 Å². The first-order chi connectivity index (χ1) is 41.4. The lowest BCUT2D eigenvalue weighted by molar-refractivity contribution is 0.793. The van der Waals surface area contributed by atoms with Gasteiger partial charge in [0.25, 0.3) is 0 Å². The maximum Gasteiger partial charge on any atom is 0.0973 e. The highest BCUT2D eigenvalue weighted by Crippen LogP contribution is 2.65. The molecule has 1 spiro atoms. The average Bonchev–Trinajstić information content (AvgIpc) is 1.63. The Hall–Kier alpha value is -10.3. The second kappa shape index (κ2) is 21.1. The highest BCUT2D eigenvalue weighted by molar-refractivity contribution is 6.00. The van der Waals surface area contributed by atoms with Gasteiger partial charge < -0.3 is 19.6 Å². The van der Waals surface area contributed by atoms with E-state index < -0.39 is 5.41 Å². The van der Waals surface area contributed by atoms with E-state index in [-0.39, 0.29) is 0 Å². The minimum Gasteiger partial charge on any atom is -0.310 e. The zero-order chi connectivity index (χ0) is 58.1. The molecule has 0 heterocycles. The molecule has 12 aromatic carbocycles. The van der Waals surface area contributed by atoms with Gasteiger partial charge in [-0.1, -0.05) is 154 Å². The number of fused-ring (bicyclic) bond motifs is 10. The summed E-state index contributed by atoms with van der Waals surface area (Å²) < 4.78 is 0. The van der Waals surface area contributed by atoms with Crippen molar-refractivity contribution in [3.63, 3.8) is 0 Å². The van der Waals surface area contributed by atoms with E-state index in [0.717, 1.165) is 73.8 Å². The topological polar surface area (TPSA) is 13.0 Å². The molecule has 2 aliphatic rings. The summed E-state index contributed by atoms with van der Waals surface area (Å²) in [6.07, 6.45) is 0. The first kappa shape index (κ1) is 52.7. The molecule has 0 aromatic heterocycles. The number of nitrogens with zero attached hydrogens (tertiary/aromatic N) is 4. The van der Waals surface area contributed by atoms with Crippen molar-refractivity contribution in [1.29, 1.82) is 0 Å². The average molecular weight is 1100 g/mol. The van der Waals surface area contributed by atoms with Crippen LogP contribution in [-0.4, -0.2) is 0 Å². The summed E-state index contributed by atoms with van der Waals surface area (Å²) in [6.45, 7) is 17.2. The minimum absolute atomic E-state index is 0.861. The fourth-order valence-corrected chi connectivity index (χ4v) is 12.9. The molecule has 0 amide bonds. The first-order valence-electron chi connectivity index (χ1n) is 29.5. The normalized spacial score (nSPS) is 12.2. The van der Waals surface area contributed by atoms with E-state index >= 15 is 0 Å². The van der Waals surface area contributed by atoms with Gasteiger partial charge >= 0.3 is 0 Å². The quantitative estimate of drug-likeness (QED) is 0.121. The molecule has 4 nitrogen and oxygen atoms in total. The van der Waals surface area contributed by atoms with Crippen LogP contribution < -0.4 is 19.6 Å². The summed E-state index contributed by atoms with van der Waals surface area (Å²) in [4.78, 5) is 9.65. The van der Waals surface area contributed by atoms with Gasteiger partial charge in [-0.2, -0.15) is 0 Å². The predicted molar refractivity (Wildman–Crippen MR) is 357 cm³/mol. The highest BCUT2D eigenvalue weighted by Gasteiger charge is 2.53. The van der Waals surface area contributed by atoms with Crippen molar-refractivity contribution < 1.29 is 0 Å². The zero-order valence-corrected chi connectivity index (χ0v) is 49.5. The number of anilines is 12. The van der Waals surface area contributed by atoms with Gasteiger partial charge in [-0.05, 0) is 257 Å². The third kappa shape index (κ3) is 9.30. The van der Waals surface area contributed by atoms with Crippen molar-refractivity contribution in [1.82, 2.24) is 0 Å². The van der Waals surface area contributed by atoms with E-state index in [1.165, 1.54) is 83.5 Å². The maximum absolute atomic E-state index is 3.58. The van der Waals surface area contributed by atoms with Crippen molar-refractivity contribution >= 4 is 68.2 Å². The van der Waals surface area contributed by atoms with Gasteiger partial charge in [-0.3, -0.25) is 0 Å². The summed E-state index contributed by atoms with van der Waals surface area (Å²) in [5.74, 6) is 0. The Morgan fingerprint density at radius 1 is 0.212 bits per heavy atom. The van der Waals surface area contributed by atoms with Crippen LogP contribution in [0.3, 0.4) is 0 Å². The maximum atomic E-state index is 3.58. The van der Waals surface area contributed by atoms with Gasteiger partial charge in [0.2, 0.25) is 0 Å². The molecule has 0 aliphatic heterocycles. The van der Waals surface area contributed by atoms with Gasteiger partial charge in [-0.15, -0.1) is 0 Å².